The minimum atomic E-state index is -0.332. The lowest BCUT2D eigenvalue weighted by Crippen LogP contribution is -2.49. The number of nitrogens with one attached hydrogen (secondary N) is 1. The molecule has 0 unspecified atom stereocenters. The van der Waals surface area contributed by atoms with Crippen molar-refractivity contribution in [3.8, 4) is 0 Å². The number of aromatic nitrogens is 3. The van der Waals surface area contributed by atoms with Gasteiger partial charge in [0.2, 0.25) is 5.91 Å². The van der Waals surface area contributed by atoms with Crippen LogP contribution in [-0.4, -0.2) is 49.3 Å². The number of carbonyl (C=O) groups excluding carboxylic acids is 2. The third-order valence-electron chi connectivity index (χ3n) is 7.26. The van der Waals surface area contributed by atoms with Gasteiger partial charge in [0.1, 0.15) is 0 Å². The van der Waals surface area contributed by atoms with Gasteiger partial charge in [0.15, 0.2) is 11.0 Å². The highest BCUT2D eigenvalue weighted by molar-refractivity contribution is 7.99. The summed E-state index contributed by atoms with van der Waals surface area (Å²) >= 11 is 7.36. The van der Waals surface area contributed by atoms with Gasteiger partial charge in [-0.15, -0.1) is 10.2 Å². The molecule has 35 heavy (non-hydrogen) atoms. The van der Waals surface area contributed by atoms with Crippen LogP contribution in [0.4, 0.5) is 0 Å². The van der Waals surface area contributed by atoms with Crippen molar-refractivity contribution < 1.29 is 9.59 Å². The Balaban J connectivity index is 1.38. The molecule has 0 radical (unpaired) electrons. The topological polar surface area (TPSA) is 80.1 Å². The van der Waals surface area contributed by atoms with Crippen molar-refractivity contribution >= 4 is 35.2 Å². The fourth-order valence-electron chi connectivity index (χ4n) is 5.40. The SMILES string of the molecule is C[C@H](NC(=O)c1ccc(Cl)cc1)c1nnc(SCC(=O)N(C2CCCCC2)C2CCCCC2)n1C. The van der Waals surface area contributed by atoms with Crippen molar-refractivity contribution in [3.63, 3.8) is 0 Å². The predicted octanol–water partition coefficient (Wildman–Crippen LogP) is 5.55. The molecule has 0 spiro atoms. The van der Waals surface area contributed by atoms with Crippen LogP contribution >= 0.6 is 23.4 Å². The van der Waals surface area contributed by atoms with E-state index in [0.717, 1.165) is 25.7 Å². The first-order chi connectivity index (χ1) is 16.9. The summed E-state index contributed by atoms with van der Waals surface area (Å²) in [6.07, 6.45) is 12.0. The molecule has 0 aliphatic heterocycles. The first-order valence-electron chi connectivity index (χ1n) is 12.8. The van der Waals surface area contributed by atoms with Crippen LogP contribution in [0, 0.1) is 0 Å². The van der Waals surface area contributed by atoms with Gasteiger partial charge in [0, 0.05) is 29.7 Å². The summed E-state index contributed by atoms with van der Waals surface area (Å²) in [4.78, 5) is 28.3. The van der Waals surface area contributed by atoms with Crippen LogP contribution in [0.1, 0.15) is 93.4 Å². The van der Waals surface area contributed by atoms with Gasteiger partial charge >= 0.3 is 0 Å². The first kappa shape index (κ1) is 26.0. The maximum absolute atomic E-state index is 13.5. The average molecular weight is 518 g/mol. The third-order valence-corrected chi connectivity index (χ3v) is 8.52. The van der Waals surface area contributed by atoms with Crippen molar-refractivity contribution in [2.24, 2.45) is 7.05 Å². The molecule has 2 fully saturated rings. The Morgan fingerprint density at radius 2 is 1.60 bits per heavy atom. The molecule has 7 nitrogen and oxygen atoms in total. The molecule has 0 saturated heterocycles. The molecular weight excluding hydrogens is 482 g/mol. The Morgan fingerprint density at radius 1 is 1.03 bits per heavy atom. The lowest BCUT2D eigenvalue weighted by Gasteiger charge is -2.41. The minimum Gasteiger partial charge on any atom is -0.342 e. The van der Waals surface area contributed by atoms with Crippen molar-refractivity contribution in [1.29, 1.82) is 0 Å². The number of amides is 2. The molecule has 190 valence electrons. The molecule has 2 aliphatic carbocycles. The summed E-state index contributed by atoms with van der Waals surface area (Å²) in [5.41, 5.74) is 0.536. The fraction of sp³-hybridized carbons (Fsp3) is 0.615. The van der Waals surface area contributed by atoms with Crippen molar-refractivity contribution in [1.82, 2.24) is 25.0 Å². The zero-order chi connectivity index (χ0) is 24.8. The molecule has 1 atom stereocenters. The quantitative estimate of drug-likeness (QED) is 0.464. The van der Waals surface area contributed by atoms with Gasteiger partial charge in [-0.2, -0.15) is 0 Å². The van der Waals surface area contributed by atoms with Gasteiger partial charge in [-0.3, -0.25) is 9.59 Å². The molecule has 0 bridgehead atoms. The number of carbonyl (C=O) groups is 2. The molecule has 2 aromatic rings. The van der Waals surface area contributed by atoms with Crippen LogP contribution < -0.4 is 5.32 Å². The Hall–Kier alpha value is -2.06. The number of nitrogens with zero attached hydrogens (tertiary/aromatic N) is 4. The van der Waals surface area contributed by atoms with E-state index < -0.39 is 0 Å². The molecule has 9 heteroatoms. The van der Waals surface area contributed by atoms with Gasteiger partial charge in [-0.25, -0.2) is 0 Å². The number of benzene rings is 1. The normalized spacial score (nSPS) is 18.3. The minimum absolute atomic E-state index is 0.197. The fourth-order valence-corrected chi connectivity index (χ4v) is 6.31. The molecule has 1 aromatic heterocycles. The smallest absolute Gasteiger partial charge is 0.251 e. The van der Waals surface area contributed by atoms with Crippen LogP contribution in [0.5, 0.6) is 0 Å². The summed E-state index contributed by atoms with van der Waals surface area (Å²) in [6, 6.07) is 7.22. The highest BCUT2D eigenvalue weighted by Crippen LogP contribution is 2.31. The molecule has 2 saturated carbocycles. The third kappa shape index (κ3) is 6.58. The molecule has 1 aromatic carbocycles. The van der Waals surface area contributed by atoms with E-state index in [0.29, 0.717) is 39.4 Å². The lowest BCUT2D eigenvalue weighted by atomic mass is 9.88. The van der Waals surface area contributed by atoms with E-state index in [-0.39, 0.29) is 17.9 Å². The summed E-state index contributed by atoms with van der Waals surface area (Å²) < 4.78 is 1.87. The van der Waals surface area contributed by atoms with Crippen LogP contribution in [0.15, 0.2) is 29.4 Å². The molecule has 2 amide bonds. The lowest BCUT2D eigenvalue weighted by molar-refractivity contribution is -0.135. The van der Waals surface area contributed by atoms with E-state index in [1.165, 1.54) is 50.3 Å². The van der Waals surface area contributed by atoms with E-state index in [1.54, 1.807) is 24.3 Å². The first-order valence-corrected chi connectivity index (χ1v) is 14.2. The van der Waals surface area contributed by atoms with E-state index in [4.69, 9.17) is 11.6 Å². The molecule has 1 heterocycles. The van der Waals surface area contributed by atoms with Crippen molar-refractivity contribution in [2.45, 2.75) is 94.4 Å². The molecule has 4 rings (SSSR count). The van der Waals surface area contributed by atoms with Gasteiger partial charge in [-0.1, -0.05) is 61.9 Å². The number of thioether (sulfide) groups is 1. The average Bonchev–Trinajstić information content (AvgIpc) is 3.25. The van der Waals surface area contributed by atoms with Gasteiger partial charge in [0.25, 0.3) is 5.91 Å². The van der Waals surface area contributed by atoms with E-state index in [2.05, 4.69) is 20.4 Å². The van der Waals surface area contributed by atoms with Crippen molar-refractivity contribution in [2.75, 3.05) is 5.75 Å². The largest absolute Gasteiger partial charge is 0.342 e. The Labute approximate surface area is 217 Å². The van der Waals surface area contributed by atoms with Crippen LogP contribution in [0.2, 0.25) is 5.02 Å². The number of halogens is 1. The number of hydrogen-bond acceptors (Lipinski definition) is 5. The standard InChI is InChI=1S/C26H36ClN5O2S/c1-18(28-25(34)19-13-15-20(27)16-14-19)24-29-30-26(31(24)2)35-17-23(33)32(21-9-5-3-6-10-21)22-11-7-4-8-12-22/h13-16,18,21-22H,3-12,17H2,1-2H3,(H,28,34)/t18-/m0/s1. The second kappa shape index (κ2) is 12.3. The van der Waals surface area contributed by atoms with Crippen LogP contribution in [0.25, 0.3) is 0 Å². The maximum atomic E-state index is 13.5. The van der Waals surface area contributed by atoms with Crippen LogP contribution in [-0.2, 0) is 11.8 Å². The summed E-state index contributed by atoms with van der Waals surface area (Å²) in [5.74, 6) is 1.04. The Morgan fingerprint density at radius 3 is 2.17 bits per heavy atom. The van der Waals surface area contributed by atoms with Gasteiger partial charge in [0.05, 0.1) is 11.8 Å². The van der Waals surface area contributed by atoms with E-state index in [1.807, 2.05) is 18.5 Å². The number of hydrogen-bond donors (Lipinski definition) is 1. The Kier molecular flexibility index (Phi) is 9.11. The Bertz CT molecular complexity index is 982. The van der Waals surface area contributed by atoms with Crippen LogP contribution in [0.3, 0.4) is 0 Å². The summed E-state index contributed by atoms with van der Waals surface area (Å²) in [5, 5.41) is 12.9. The second-order valence-corrected chi connectivity index (χ2v) is 11.2. The van der Waals surface area contributed by atoms with E-state index >= 15 is 0 Å². The summed E-state index contributed by atoms with van der Waals surface area (Å²) in [6.45, 7) is 1.88. The zero-order valence-electron chi connectivity index (χ0n) is 20.7. The monoisotopic (exact) mass is 517 g/mol. The van der Waals surface area contributed by atoms with Crippen molar-refractivity contribution in [3.05, 3.63) is 40.7 Å². The van der Waals surface area contributed by atoms with Gasteiger partial charge in [-0.05, 0) is 56.9 Å². The number of rotatable bonds is 8. The highest BCUT2D eigenvalue weighted by atomic mass is 35.5. The van der Waals surface area contributed by atoms with Gasteiger partial charge < -0.3 is 14.8 Å². The zero-order valence-corrected chi connectivity index (χ0v) is 22.3. The molecule has 2 aliphatic rings. The van der Waals surface area contributed by atoms with E-state index in [9.17, 15) is 9.59 Å². The molecule has 1 N–H and O–H groups in total. The highest BCUT2D eigenvalue weighted by Gasteiger charge is 2.32. The summed E-state index contributed by atoms with van der Waals surface area (Å²) in [7, 11) is 1.88. The second-order valence-electron chi connectivity index (χ2n) is 9.78. The maximum Gasteiger partial charge on any atom is 0.251 e. The molecular formula is C26H36ClN5O2S. The predicted molar refractivity (Wildman–Crippen MR) is 140 cm³/mol.